The number of halogens is 2. The lowest BCUT2D eigenvalue weighted by Crippen LogP contribution is -2.53. The fraction of sp³-hybridized carbons (Fsp3) is 0.375. The molecule has 224 valence electrons. The number of anilines is 1. The fourth-order valence-corrected chi connectivity index (χ4v) is 7.07. The Kier molecular flexibility index (Phi) is 10.6. The first-order chi connectivity index (χ1) is 20.0. The predicted molar refractivity (Wildman–Crippen MR) is 168 cm³/mol. The van der Waals surface area contributed by atoms with Crippen LogP contribution in [0.25, 0.3) is 0 Å². The van der Waals surface area contributed by atoms with Crippen LogP contribution < -0.4 is 9.62 Å². The predicted octanol–water partition coefficient (Wildman–Crippen LogP) is 6.67. The number of carbonyl (C=O) groups is 2. The van der Waals surface area contributed by atoms with E-state index >= 15 is 0 Å². The van der Waals surface area contributed by atoms with Crippen molar-refractivity contribution in [2.45, 2.75) is 76.4 Å². The number of hydrogen-bond donors (Lipinski definition) is 1. The molecule has 1 unspecified atom stereocenters. The summed E-state index contributed by atoms with van der Waals surface area (Å²) >= 11 is 12.8. The Morgan fingerprint density at radius 2 is 1.52 bits per heavy atom. The van der Waals surface area contributed by atoms with Crippen LogP contribution >= 0.6 is 23.2 Å². The maximum absolute atomic E-state index is 14.2. The summed E-state index contributed by atoms with van der Waals surface area (Å²) in [7, 11) is -4.25. The van der Waals surface area contributed by atoms with Gasteiger partial charge in [-0.15, -0.1) is 0 Å². The van der Waals surface area contributed by atoms with Gasteiger partial charge in [0.25, 0.3) is 10.0 Å². The number of benzene rings is 3. The summed E-state index contributed by atoms with van der Waals surface area (Å²) in [5, 5.41) is 3.51. The summed E-state index contributed by atoms with van der Waals surface area (Å²) in [6, 6.07) is 17.8. The molecule has 0 radical (unpaired) electrons. The zero-order valence-corrected chi connectivity index (χ0v) is 26.5. The van der Waals surface area contributed by atoms with Crippen LogP contribution in [0.5, 0.6) is 0 Å². The number of carbonyl (C=O) groups excluding carboxylic acids is 2. The second-order valence-electron chi connectivity index (χ2n) is 10.8. The minimum Gasteiger partial charge on any atom is -0.352 e. The van der Waals surface area contributed by atoms with E-state index in [-0.39, 0.29) is 39.1 Å². The van der Waals surface area contributed by atoms with E-state index in [2.05, 4.69) is 5.32 Å². The molecule has 3 aromatic rings. The van der Waals surface area contributed by atoms with Crippen molar-refractivity contribution in [1.29, 1.82) is 0 Å². The van der Waals surface area contributed by atoms with Gasteiger partial charge < -0.3 is 10.2 Å². The Labute approximate surface area is 258 Å². The van der Waals surface area contributed by atoms with Gasteiger partial charge in [-0.1, -0.05) is 90.5 Å². The van der Waals surface area contributed by atoms with Crippen LogP contribution in [0.4, 0.5) is 5.69 Å². The van der Waals surface area contributed by atoms with Crippen molar-refractivity contribution in [2.24, 2.45) is 0 Å². The molecule has 1 atom stereocenters. The molecular formula is C32H37Cl2N3O4S. The Bertz CT molecular complexity index is 1510. The largest absolute Gasteiger partial charge is 0.352 e. The van der Waals surface area contributed by atoms with E-state index in [4.69, 9.17) is 23.2 Å². The average Bonchev–Trinajstić information content (AvgIpc) is 3.47. The molecule has 1 saturated carbocycles. The zero-order chi connectivity index (χ0) is 30.4. The number of rotatable bonds is 11. The molecule has 7 nitrogen and oxygen atoms in total. The first kappa shape index (κ1) is 31.9. The first-order valence-corrected chi connectivity index (χ1v) is 16.4. The van der Waals surface area contributed by atoms with Crippen molar-refractivity contribution < 1.29 is 18.0 Å². The smallest absolute Gasteiger partial charge is 0.264 e. The Hall–Kier alpha value is -3.07. The van der Waals surface area contributed by atoms with Crippen molar-refractivity contribution in [3.05, 3.63) is 93.5 Å². The molecule has 2 amide bonds. The molecule has 10 heteroatoms. The maximum Gasteiger partial charge on any atom is 0.264 e. The molecule has 42 heavy (non-hydrogen) atoms. The van der Waals surface area contributed by atoms with Crippen LogP contribution in [0.2, 0.25) is 10.0 Å². The molecule has 4 rings (SSSR count). The molecule has 0 aromatic heterocycles. The number of aryl methyl sites for hydroxylation is 2. The van der Waals surface area contributed by atoms with Crippen molar-refractivity contribution in [2.75, 3.05) is 10.8 Å². The monoisotopic (exact) mass is 629 g/mol. The molecule has 1 aliphatic rings. The SMILES string of the molecule is CCC(C(=O)NC1CCCC1)N(Cc1ccc(C)cc1)C(=O)CN(c1cc(Cl)ccc1Cl)S(=O)(=O)c1ccc(C)cc1. The molecule has 1 aliphatic carbocycles. The number of hydrogen-bond acceptors (Lipinski definition) is 4. The van der Waals surface area contributed by atoms with Gasteiger partial charge in [-0.05, 0) is 69.0 Å². The van der Waals surface area contributed by atoms with E-state index in [1.807, 2.05) is 45.0 Å². The van der Waals surface area contributed by atoms with E-state index in [0.717, 1.165) is 46.7 Å². The van der Waals surface area contributed by atoms with Crippen LogP contribution in [0.1, 0.15) is 55.7 Å². The summed E-state index contributed by atoms with van der Waals surface area (Å²) in [6.07, 6.45) is 4.28. The summed E-state index contributed by atoms with van der Waals surface area (Å²) in [6.45, 7) is 5.24. The Morgan fingerprint density at radius 1 is 0.929 bits per heavy atom. The first-order valence-electron chi connectivity index (χ1n) is 14.2. The van der Waals surface area contributed by atoms with Gasteiger partial charge in [0.1, 0.15) is 12.6 Å². The van der Waals surface area contributed by atoms with Crippen LogP contribution in [-0.2, 0) is 26.2 Å². The van der Waals surface area contributed by atoms with Crippen molar-refractivity contribution >= 4 is 50.7 Å². The minimum atomic E-state index is -4.25. The number of sulfonamides is 1. The maximum atomic E-state index is 14.2. The lowest BCUT2D eigenvalue weighted by atomic mass is 10.1. The highest BCUT2D eigenvalue weighted by Crippen LogP contribution is 2.33. The quantitative estimate of drug-likeness (QED) is 0.256. The third kappa shape index (κ3) is 7.65. The van der Waals surface area contributed by atoms with E-state index in [0.29, 0.717) is 6.42 Å². The van der Waals surface area contributed by atoms with Gasteiger partial charge in [-0.3, -0.25) is 13.9 Å². The fourth-order valence-electron chi connectivity index (χ4n) is 5.20. The van der Waals surface area contributed by atoms with Gasteiger partial charge in [0.2, 0.25) is 11.8 Å². The van der Waals surface area contributed by atoms with Gasteiger partial charge in [0.15, 0.2) is 0 Å². The van der Waals surface area contributed by atoms with Gasteiger partial charge >= 0.3 is 0 Å². The van der Waals surface area contributed by atoms with E-state index in [1.165, 1.54) is 29.2 Å². The molecule has 1 N–H and O–H groups in total. The van der Waals surface area contributed by atoms with Gasteiger partial charge in [-0.2, -0.15) is 0 Å². The summed E-state index contributed by atoms with van der Waals surface area (Å²) < 4.78 is 29.1. The molecule has 0 bridgehead atoms. The molecule has 0 saturated heterocycles. The van der Waals surface area contributed by atoms with E-state index in [1.54, 1.807) is 18.2 Å². The van der Waals surface area contributed by atoms with Crippen molar-refractivity contribution in [3.8, 4) is 0 Å². The summed E-state index contributed by atoms with van der Waals surface area (Å²) in [5.41, 5.74) is 2.86. The minimum absolute atomic E-state index is 0.00745. The number of nitrogens with one attached hydrogen (secondary N) is 1. The number of amides is 2. The van der Waals surface area contributed by atoms with Crippen LogP contribution in [0.15, 0.2) is 71.6 Å². The zero-order valence-electron chi connectivity index (χ0n) is 24.1. The molecule has 0 heterocycles. The standard InChI is InChI=1S/C32H37Cl2N3O4S/c1-4-29(32(39)35-26-7-5-6-8-26)36(20-24-13-9-22(2)10-14-24)31(38)21-37(30-19-25(33)15-18-28(30)34)42(40,41)27-16-11-23(3)12-17-27/h9-19,26,29H,4-8,20-21H2,1-3H3,(H,35,39). The molecule has 3 aromatic carbocycles. The van der Waals surface area contributed by atoms with Crippen molar-refractivity contribution in [3.63, 3.8) is 0 Å². The highest BCUT2D eigenvalue weighted by molar-refractivity contribution is 7.92. The van der Waals surface area contributed by atoms with Crippen LogP contribution in [0, 0.1) is 13.8 Å². The summed E-state index contributed by atoms with van der Waals surface area (Å²) in [5.74, 6) is -0.769. The summed E-state index contributed by atoms with van der Waals surface area (Å²) in [4.78, 5) is 29.3. The van der Waals surface area contributed by atoms with Gasteiger partial charge in [0, 0.05) is 17.6 Å². The third-order valence-electron chi connectivity index (χ3n) is 7.63. The molecular weight excluding hydrogens is 593 g/mol. The molecule has 0 spiro atoms. The molecule has 1 fully saturated rings. The lowest BCUT2D eigenvalue weighted by Gasteiger charge is -2.34. The van der Waals surface area contributed by atoms with Crippen LogP contribution in [0.3, 0.4) is 0 Å². The molecule has 0 aliphatic heterocycles. The highest BCUT2D eigenvalue weighted by atomic mass is 35.5. The second kappa shape index (κ2) is 13.9. The van der Waals surface area contributed by atoms with E-state index in [9.17, 15) is 18.0 Å². The van der Waals surface area contributed by atoms with Crippen LogP contribution in [-0.4, -0.2) is 43.8 Å². The lowest BCUT2D eigenvalue weighted by molar-refractivity contribution is -0.140. The van der Waals surface area contributed by atoms with E-state index < -0.39 is 28.5 Å². The van der Waals surface area contributed by atoms with Gasteiger partial charge in [-0.25, -0.2) is 8.42 Å². The highest BCUT2D eigenvalue weighted by Gasteiger charge is 2.35. The average molecular weight is 631 g/mol. The number of nitrogens with zero attached hydrogens (tertiary/aromatic N) is 2. The Morgan fingerprint density at radius 3 is 2.12 bits per heavy atom. The van der Waals surface area contributed by atoms with Crippen molar-refractivity contribution in [1.82, 2.24) is 10.2 Å². The van der Waals surface area contributed by atoms with Gasteiger partial charge in [0.05, 0.1) is 15.6 Å². The topological polar surface area (TPSA) is 86.8 Å². The second-order valence-corrected chi connectivity index (χ2v) is 13.5. The normalized spacial score (nSPS) is 14.4. The Balaban J connectivity index is 1.74. The third-order valence-corrected chi connectivity index (χ3v) is 9.95.